The summed E-state index contributed by atoms with van der Waals surface area (Å²) in [7, 11) is 0. The fourth-order valence-corrected chi connectivity index (χ4v) is 2.11. The van der Waals surface area contributed by atoms with Gasteiger partial charge in [0.2, 0.25) is 0 Å². The third-order valence-electron chi connectivity index (χ3n) is 2.78. The van der Waals surface area contributed by atoms with Crippen molar-refractivity contribution >= 4 is 6.29 Å². The molecule has 0 spiro atoms. The number of carbonyl (C=O) groups excluding carboxylic acids is 1. The Morgan fingerprint density at radius 2 is 2.38 bits per heavy atom. The van der Waals surface area contributed by atoms with Crippen LogP contribution in [-0.4, -0.2) is 15.8 Å². The summed E-state index contributed by atoms with van der Waals surface area (Å²) in [4.78, 5) is 15.2. The maximum Gasteiger partial charge on any atom is 0.168 e. The van der Waals surface area contributed by atoms with Crippen LogP contribution in [0.1, 0.15) is 47.8 Å². The monoisotopic (exact) mass is 178 g/mol. The molecule has 1 unspecified atom stereocenters. The van der Waals surface area contributed by atoms with E-state index in [1.54, 1.807) is 0 Å². The molecule has 3 heteroatoms. The van der Waals surface area contributed by atoms with Gasteiger partial charge in [-0.15, -0.1) is 0 Å². The first kappa shape index (κ1) is 8.48. The molecule has 0 saturated carbocycles. The van der Waals surface area contributed by atoms with Crippen molar-refractivity contribution in [2.75, 3.05) is 0 Å². The van der Waals surface area contributed by atoms with Gasteiger partial charge >= 0.3 is 0 Å². The lowest BCUT2D eigenvalue weighted by Crippen LogP contribution is -2.17. The number of imidazole rings is 1. The van der Waals surface area contributed by atoms with Gasteiger partial charge in [-0.2, -0.15) is 0 Å². The molecule has 0 aromatic carbocycles. The van der Waals surface area contributed by atoms with E-state index in [2.05, 4.69) is 16.5 Å². The lowest BCUT2D eigenvalue weighted by Gasteiger charge is -2.22. The van der Waals surface area contributed by atoms with E-state index in [4.69, 9.17) is 0 Å². The Morgan fingerprint density at radius 1 is 1.62 bits per heavy atom. The third-order valence-corrected chi connectivity index (χ3v) is 2.78. The Kier molecular flexibility index (Phi) is 1.94. The summed E-state index contributed by atoms with van der Waals surface area (Å²) in [6.45, 7) is 4.05. The highest BCUT2D eigenvalue weighted by atomic mass is 16.1. The molecular weight excluding hydrogens is 164 g/mol. The van der Waals surface area contributed by atoms with E-state index in [1.807, 2.05) is 6.92 Å². The molecule has 0 radical (unpaired) electrons. The van der Waals surface area contributed by atoms with Gasteiger partial charge in [-0.3, -0.25) is 4.79 Å². The van der Waals surface area contributed by atoms with Crippen LogP contribution in [0.25, 0.3) is 0 Å². The molecule has 0 N–H and O–H groups in total. The normalized spacial score (nSPS) is 21.2. The second-order valence-electron chi connectivity index (χ2n) is 3.73. The fourth-order valence-electron chi connectivity index (χ4n) is 2.11. The van der Waals surface area contributed by atoms with Crippen molar-refractivity contribution in [2.24, 2.45) is 0 Å². The van der Waals surface area contributed by atoms with E-state index in [9.17, 15) is 4.79 Å². The lowest BCUT2D eigenvalue weighted by atomic mass is 10.1. The van der Waals surface area contributed by atoms with Gasteiger partial charge in [-0.25, -0.2) is 4.98 Å². The van der Waals surface area contributed by atoms with E-state index in [0.29, 0.717) is 6.04 Å². The average Bonchev–Trinajstić information content (AvgIpc) is 2.42. The molecule has 13 heavy (non-hydrogen) atoms. The van der Waals surface area contributed by atoms with Crippen LogP contribution in [-0.2, 0) is 6.42 Å². The summed E-state index contributed by atoms with van der Waals surface area (Å²) in [6, 6.07) is 0.435. The topological polar surface area (TPSA) is 34.9 Å². The minimum atomic E-state index is 0.435. The minimum absolute atomic E-state index is 0.435. The number of carbonyl (C=O) groups is 1. The number of aldehydes is 1. The van der Waals surface area contributed by atoms with E-state index in [1.165, 1.54) is 6.42 Å². The van der Waals surface area contributed by atoms with Crippen LogP contribution in [0.4, 0.5) is 0 Å². The molecule has 2 rings (SSSR count). The third kappa shape index (κ3) is 1.19. The number of rotatable bonds is 1. The second-order valence-corrected chi connectivity index (χ2v) is 3.73. The largest absolute Gasteiger partial charge is 0.323 e. The van der Waals surface area contributed by atoms with Crippen LogP contribution >= 0.6 is 0 Å². The molecule has 2 heterocycles. The molecule has 0 fully saturated rings. The van der Waals surface area contributed by atoms with E-state index in [-0.39, 0.29) is 0 Å². The van der Waals surface area contributed by atoms with Gasteiger partial charge in [-0.1, -0.05) is 0 Å². The van der Waals surface area contributed by atoms with Crippen LogP contribution in [0.2, 0.25) is 0 Å². The van der Waals surface area contributed by atoms with Gasteiger partial charge in [0, 0.05) is 12.5 Å². The molecular formula is C10H14N2O. The molecule has 3 nitrogen and oxygen atoms in total. The number of fused-ring (bicyclic) bond motifs is 1. The highest BCUT2D eigenvalue weighted by Gasteiger charge is 2.21. The van der Waals surface area contributed by atoms with Gasteiger partial charge in [0.05, 0.1) is 5.69 Å². The molecule has 1 atom stereocenters. The molecule has 1 aliphatic rings. The van der Waals surface area contributed by atoms with Gasteiger partial charge in [0.15, 0.2) is 6.29 Å². The Bertz CT molecular complexity index is 341. The van der Waals surface area contributed by atoms with Crippen LogP contribution in [0, 0.1) is 6.92 Å². The molecule has 70 valence electrons. The van der Waals surface area contributed by atoms with Crippen molar-refractivity contribution in [2.45, 2.75) is 39.2 Å². The summed E-state index contributed by atoms with van der Waals surface area (Å²) in [6.07, 6.45) is 4.28. The Labute approximate surface area is 77.8 Å². The number of aryl methyl sites for hydroxylation is 2. The highest BCUT2D eigenvalue weighted by Crippen LogP contribution is 2.26. The van der Waals surface area contributed by atoms with Crippen LogP contribution in [0.3, 0.4) is 0 Å². The summed E-state index contributed by atoms with van der Waals surface area (Å²) < 4.78 is 2.09. The maximum atomic E-state index is 10.8. The number of hydrogen-bond acceptors (Lipinski definition) is 2. The first-order valence-corrected chi connectivity index (χ1v) is 4.77. The standard InChI is InChI=1S/C10H14N2O/c1-7-4-3-5-10-11-8(2)9(6-13)12(7)10/h6-7H,3-5H2,1-2H3. The molecule has 0 amide bonds. The van der Waals surface area contributed by atoms with Crippen molar-refractivity contribution in [1.29, 1.82) is 0 Å². The Hall–Kier alpha value is -1.12. The Balaban J connectivity index is 2.57. The minimum Gasteiger partial charge on any atom is -0.323 e. The van der Waals surface area contributed by atoms with E-state index >= 15 is 0 Å². The second kappa shape index (κ2) is 2.98. The van der Waals surface area contributed by atoms with Gasteiger partial charge in [0.25, 0.3) is 0 Å². The SMILES string of the molecule is Cc1nc2n(c1C=O)C(C)CCC2. The van der Waals surface area contributed by atoms with Crippen LogP contribution in [0.5, 0.6) is 0 Å². The van der Waals surface area contributed by atoms with E-state index < -0.39 is 0 Å². The zero-order chi connectivity index (χ0) is 9.42. The van der Waals surface area contributed by atoms with Crippen molar-refractivity contribution in [3.63, 3.8) is 0 Å². The highest BCUT2D eigenvalue weighted by molar-refractivity contribution is 5.74. The van der Waals surface area contributed by atoms with Crippen molar-refractivity contribution < 1.29 is 4.79 Å². The zero-order valence-corrected chi connectivity index (χ0v) is 8.08. The number of aromatic nitrogens is 2. The summed E-state index contributed by atoms with van der Waals surface area (Å²) in [5.74, 6) is 1.08. The summed E-state index contributed by atoms with van der Waals surface area (Å²) in [5, 5.41) is 0. The van der Waals surface area contributed by atoms with Gasteiger partial charge < -0.3 is 4.57 Å². The molecule has 0 aliphatic carbocycles. The molecule has 1 aromatic rings. The quantitative estimate of drug-likeness (QED) is 0.615. The van der Waals surface area contributed by atoms with Gasteiger partial charge in [-0.05, 0) is 26.7 Å². The first-order valence-electron chi connectivity index (χ1n) is 4.77. The van der Waals surface area contributed by atoms with Crippen molar-refractivity contribution in [3.05, 3.63) is 17.2 Å². The summed E-state index contributed by atoms with van der Waals surface area (Å²) in [5.41, 5.74) is 1.64. The predicted octanol–water partition coefficient (Wildman–Crippen LogP) is 1.90. The van der Waals surface area contributed by atoms with Gasteiger partial charge in [0.1, 0.15) is 11.5 Å². The Morgan fingerprint density at radius 3 is 3.08 bits per heavy atom. The molecule has 0 saturated heterocycles. The summed E-state index contributed by atoms with van der Waals surface area (Å²) >= 11 is 0. The average molecular weight is 178 g/mol. The lowest BCUT2D eigenvalue weighted by molar-refractivity contribution is 0.111. The molecule has 1 aromatic heterocycles. The van der Waals surface area contributed by atoms with E-state index in [0.717, 1.165) is 36.3 Å². The van der Waals surface area contributed by atoms with Crippen LogP contribution < -0.4 is 0 Å². The van der Waals surface area contributed by atoms with Crippen LogP contribution in [0.15, 0.2) is 0 Å². The fraction of sp³-hybridized carbons (Fsp3) is 0.600. The molecule has 1 aliphatic heterocycles. The molecule has 0 bridgehead atoms. The number of hydrogen-bond donors (Lipinski definition) is 0. The zero-order valence-electron chi connectivity index (χ0n) is 8.08. The number of nitrogens with zero attached hydrogens (tertiary/aromatic N) is 2. The smallest absolute Gasteiger partial charge is 0.168 e. The maximum absolute atomic E-state index is 10.8. The van der Waals surface area contributed by atoms with Crippen molar-refractivity contribution in [3.8, 4) is 0 Å². The predicted molar refractivity (Wildman–Crippen MR) is 50.0 cm³/mol. The first-order chi connectivity index (χ1) is 6.24. The van der Waals surface area contributed by atoms with Crippen molar-refractivity contribution in [1.82, 2.24) is 9.55 Å².